The highest BCUT2D eigenvalue weighted by atomic mass is 16.4. The van der Waals surface area contributed by atoms with Crippen LogP contribution in [0.2, 0.25) is 0 Å². The van der Waals surface area contributed by atoms with Crippen molar-refractivity contribution in [2.75, 3.05) is 39.3 Å². The molecule has 10 nitrogen and oxygen atoms in total. The summed E-state index contributed by atoms with van der Waals surface area (Å²) in [5.74, 6) is -4.18. The first-order valence-electron chi connectivity index (χ1n) is 7.02. The molecular weight excluding hydrogens is 312 g/mol. The number of hydrogen-bond acceptors (Lipinski definition) is 6. The Kier molecular flexibility index (Phi) is 10.3. The molecule has 0 fully saturated rings. The van der Waals surface area contributed by atoms with Gasteiger partial charge in [-0.1, -0.05) is 0 Å². The van der Waals surface area contributed by atoms with Gasteiger partial charge in [0.05, 0.1) is 25.8 Å². The molecule has 0 atom stereocenters. The molecule has 0 unspecified atom stereocenters. The Morgan fingerprint density at radius 1 is 0.522 bits per heavy atom. The first-order valence-corrected chi connectivity index (χ1v) is 7.02. The second-order valence-electron chi connectivity index (χ2n) is 4.94. The first kappa shape index (κ1) is 20.8. The van der Waals surface area contributed by atoms with E-state index in [4.69, 9.17) is 20.4 Å². The number of nitrogens with zero attached hydrogens (tertiary/aromatic N) is 2. The number of carbonyl (C=O) groups is 4. The van der Waals surface area contributed by atoms with Crippen molar-refractivity contribution in [1.82, 2.24) is 9.80 Å². The quantitative estimate of drug-likeness (QED) is 0.314. The smallest absolute Gasteiger partial charge is 0.317 e. The lowest BCUT2D eigenvalue weighted by Gasteiger charge is -2.25. The zero-order valence-electron chi connectivity index (χ0n) is 12.7. The molecule has 0 aliphatic rings. The summed E-state index contributed by atoms with van der Waals surface area (Å²) in [6.07, 6.45) is -0.529. The van der Waals surface area contributed by atoms with E-state index in [9.17, 15) is 19.2 Å². The van der Waals surface area contributed by atoms with Crippen LogP contribution in [0.5, 0.6) is 0 Å². The lowest BCUT2D eigenvalue weighted by Crippen LogP contribution is -2.40. The van der Waals surface area contributed by atoms with Gasteiger partial charge in [0, 0.05) is 32.7 Å². The molecule has 0 spiro atoms. The van der Waals surface area contributed by atoms with Gasteiger partial charge in [-0.3, -0.25) is 24.1 Å². The van der Waals surface area contributed by atoms with Crippen molar-refractivity contribution >= 4 is 23.9 Å². The molecule has 0 amide bonds. The molecule has 0 saturated carbocycles. The van der Waals surface area contributed by atoms with Gasteiger partial charge in [0.1, 0.15) is 0 Å². The Morgan fingerprint density at radius 3 is 1.22 bits per heavy atom. The highest BCUT2D eigenvalue weighted by Gasteiger charge is 2.15. The molecule has 0 radical (unpaired) electrons. The van der Waals surface area contributed by atoms with Gasteiger partial charge in [0.15, 0.2) is 0 Å². The zero-order valence-corrected chi connectivity index (χ0v) is 12.7. The Hall–Kier alpha value is -2.20. The number of carboxylic acids is 4. The van der Waals surface area contributed by atoms with E-state index in [0.29, 0.717) is 0 Å². The first-order chi connectivity index (χ1) is 10.7. The van der Waals surface area contributed by atoms with E-state index in [1.54, 1.807) is 4.90 Å². The zero-order chi connectivity index (χ0) is 17.8. The highest BCUT2D eigenvalue weighted by molar-refractivity contribution is 5.70. The van der Waals surface area contributed by atoms with Gasteiger partial charge in [0.2, 0.25) is 0 Å². The Labute approximate surface area is 132 Å². The predicted molar refractivity (Wildman–Crippen MR) is 77.3 cm³/mol. The fourth-order valence-corrected chi connectivity index (χ4v) is 1.84. The van der Waals surface area contributed by atoms with Crippen molar-refractivity contribution in [2.24, 2.45) is 0 Å². The van der Waals surface area contributed by atoms with E-state index < -0.39 is 23.9 Å². The Bertz CT molecular complexity index is 408. The molecule has 4 N–H and O–H groups in total. The van der Waals surface area contributed by atoms with Gasteiger partial charge in [-0.25, -0.2) is 0 Å². The van der Waals surface area contributed by atoms with Crippen LogP contribution >= 0.6 is 0 Å². The maximum absolute atomic E-state index is 10.8. The van der Waals surface area contributed by atoms with Gasteiger partial charge >= 0.3 is 23.9 Å². The van der Waals surface area contributed by atoms with E-state index in [-0.39, 0.29) is 58.5 Å². The van der Waals surface area contributed by atoms with Gasteiger partial charge in [-0.05, 0) is 0 Å². The maximum atomic E-state index is 10.8. The summed E-state index contributed by atoms with van der Waals surface area (Å²) >= 11 is 0. The number of rotatable bonds is 14. The van der Waals surface area contributed by atoms with E-state index in [2.05, 4.69) is 0 Å². The standard InChI is InChI=1S/C13H22N2O8/c16-10(17)1-4-14(5-2-11(18)19)7-8-15(9-13(22)23)6-3-12(20)21/h1-9H2,(H,16,17)(H,18,19)(H,20,21)(H,22,23). The minimum atomic E-state index is -1.10. The van der Waals surface area contributed by atoms with Crippen LogP contribution in [-0.4, -0.2) is 93.4 Å². The summed E-state index contributed by atoms with van der Waals surface area (Å²) in [5.41, 5.74) is 0. The van der Waals surface area contributed by atoms with E-state index in [1.165, 1.54) is 4.90 Å². The van der Waals surface area contributed by atoms with Crippen molar-refractivity contribution in [1.29, 1.82) is 0 Å². The Morgan fingerprint density at radius 2 is 0.870 bits per heavy atom. The van der Waals surface area contributed by atoms with Crippen LogP contribution < -0.4 is 0 Å². The minimum absolute atomic E-state index is 0.0489. The molecule has 0 aromatic carbocycles. The van der Waals surface area contributed by atoms with Crippen molar-refractivity contribution in [3.05, 3.63) is 0 Å². The number of carboxylic acid groups (broad SMARTS) is 4. The molecule has 0 saturated heterocycles. The molecule has 0 bridgehead atoms. The van der Waals surface area contributed by atoms with Gasteiger partial charge in [0.25, 0.3) is 0 Å². The molecule has 0 aliphatic heterocycles. The lowest BCUT2D eigenvalue weighted by molar-refractivity contribution is -0.141. The minimum Gasteiger partial charge on any atom is -0.481 e. The van der Waals surface area contributed by atoms with Crippen LogP contribution in [0, 0.1) is 0 Å². The fraction of sp³-hybridized carbons (Fsp3) is 0.692. The second kappa shape index (κ2) is 11.4. The van der Waals surface area contributed by atoms with Gasteiger partial charge < -0.3 is 25.3 Å². The topological polar surface area (TPSA) is 156 Å². The monoisotopic (exact) mass is 334 g/mol. The second-order valence-corrected chi connectivity index (χ2v) is 4.94. The summed E-state index contributed by atoms with van der Waals surface area (Å²) in [6.45, 7) is 0.462. The van der Waals surface area contributed by atoms with Gasteiger partial charge in [-0.2, -0.15) is 0 Å². The Balaban J connectivity index is 4.51. The number of hydrogen-bond donors (Lipinski definition) is 4. The summed E-state index contributed by atoms with van der Waals surface area (Å²) in [4.78, 5) is 45.6. The van der Waals surface area contributed by atoms with Crippen LogP contribution in [0.4, 0.5) is 0 Å². The average Bonchev–Trinajstić information content (AvgIpc) is 2.42. The summed E-state index contributed by atoms with van der Waals surface area (Å²) in [6, 6.07) is 0. The molecule has 132 valence electrons. The van der Waals surface area contributed by atoms with Crippen LogP contribution in [-0.2, 0) is 19.2 Å². The van der Waals surface area contributed by atoms with Crippen LogP contribution in [0.1, 0.15) is 19.3 Å². The van der Waals surface area contributed by atoms with Crippen molar-refractivity contribution in [3.8, 4) is 0 Å². The molecule has 0 rings (SSSR count). The molecule has 23 heavy (non-hydrogen) atoms. The van der Waals surface area contributed by atoms with E-state index in [0.717, 1.165) is 0 Å². The molecule has 0 aliphatic carbocycles. The summed E-state index contributed by atoms with van der Waals surface area (Å²) < 4.78 is 0. The van der Waals surface area contributed by atoms with E-state index >= 15 is 0 Å². The third-order valence-corrected chi connectivity index (χ3v) is 3.02. The average molecular weight is 334 g/mol. The predicted octanol–water partition coefficient (Wildman–Crippen LogP) is -0.901. The highest BCUT2D eigenvalue weighted by Crippen LogP contribution is 1.99. The lowest BCUT2D eigenvalue weighted by atomic mass is 10.3. The third kappa shape index (κ3) is 13.2. The molecular formula is C13H22N2O8. The molecule has 10 heteroatoms. The van der Waals surface area contributed by atoms with E-state index in [1.807, 2.05) is 0 Å². The maximum Gasteiger partial charge on any atom is 0.317 e. The molecule has 0 heterocycles. The fourth-order valence-electron chi connectivity index (χ4n) is 1.84. The third-order valence-electron chi connectivity index (χ3n) is 3.02. The SMILES string of the molecule is O=C(O)CCN(CCC(=O)O)CCN(CCC(=O)O)CC(=O)O. The molecule has 0 aromatic rings. The van der Waals surface area contributed by atoms with Crippen molar-refractivity contribution in [3.63, 3.8) is 0 Å². The largest absolute Gasteiger partial charge is 0.481 e. The van der Waals surface area contributed by atoms with Crippen LogP contribution in [0.25, 0.3) is 0 Å². The molecule has 0 aromatic heterocycles. The van der Waals surface area contributed by atoms with Crippen LogP contribution in [0.3, 0.4) is 0 Å². The van der Waals surface area contributed by atoms with Crippen molar-refractivity contribution in [2.45, 2.75) is 19.3 Å². The summed E-state index contributed by atoms with van der Waals surface area (Å²) in [7, 11) is 0. The summed E-state index contributed by atoms with van der Waals surface area (Å²) in [5, 5.41) is 34.8. The number of aliphatic carboxylic acids is 4. The van der Waals surface area contributed by atoms with Gasteiger partial charge in [-0.15, -0.1) is 0 Å². The normalized spacial score (nSPS) is 10.9. The van der Waals surface area contributed by atoms with Crippen molar-refractivity contribution < 1.29 is 39.6 Å². The van der Waals surface area contributed by atoms with Crippen LogP contribution in [0.15, 0.2) is 0 Å².